The molecule has 6 nitrogen and oxygen atoms in total. The van der Waals surface area contributed by atoms with Crippen molar-refractivity contribution < 1.29 is 9.90 Å². The first-order valence-electron chi connectivity index (χ1n) is 4.95. The zero-order valence-electron chi connectivity index (χ0n) is 9.02. The predicted molar refractivity (Wildman–Crippen MR) is 59.4 cm³/mol. The molecule has 6 heteroatoms. The van der Waals surface area contributed by atoms with Crippen molar-refractivity contribution >= 4 is 11.9 Å². The van der Waals surface area contributed by atoms with Crippen LogP contribution in [0, 0.1) is 0 Å². The summed E-state index contributed by atoms with van der Waals surface area (Å²) in [4.78, 5) is 13.1. The summed E-state index contributed by atoms with van der Waals surface area (Å²) >= 11 is 0. The van der Waals surface area contributed by atoms with Gasteiger partial charge in [0, 0.05) is 13.0 Å². The molecule has 88 valence electrons. The van der Waals surface area contributed by atoms with Crippen LogP contribution in [0.3, 0.4) is 0 Å². The highest BCUT2D eigenvalue weighted by Gasteiger charge is 2.17. The molecular formula is C9H20N4O2. The Hall–Kier alpha value is -1.30. The monoisotopic (exact) mass is 216 g/mol. The molecule has 1 rings (SSSR count). The zero-order chi connectivity index (χ0) is 11.8. The van der Waals surface area contributed by atoms with Crippen molar-refractivity contribution in [1.82, 2.24) is 0 Å². The highest BCUT2D eigenvalue weighted by molar-refractivity contribution is 5.75. The Morgan fingerprint density at radius 2 is 1.67 bits per heavy atom. The molecule has 1 saturated carbocycles. The van der Waals surface area contributed by atoms with E-state index in [1.54, 1.807) is 0 Å². The Bertz CT molecular complexity index is 214. The van der Waals surface area contributed by atoms with Gasteiger partial charge >= 0.3 is 0 Å². The van der Waals surface area contributed by atoms with Gasteiger partial charge in [0.1, 0.15) is 0 Å². The molecule has 0 aromatic heterocycles. The molecule has 0 amide bonds. The van der Waals surface area contributed by atoms with E-state index in [4.69, 9.17) is 27.1 Å². The van der Waals surface area contributed by atoms with E-state index in [1.807, 2.05) is 0 Å². The minimum Gasteiger partial charge on any atom is -0.481 e. The van der Waals surface area contributed by atoms with Crippen LogP contribution in [0.5, 0.6) is 0 Å². The van der Waals surface area contributed by atoms with E-state index in [-0.39, 0.29) is 5.96 Å². The SMILES string of the molecule is CC(=O)O.NC(N)=NC1CCC(N)CC1. The molecule has 0 atom stereocenters. The molecule has 0 radical (unpaired) electrons. The summed E-state index contributed by atoms with van der Waals surface area (Å²) in [5.74, 6) is -0.634. The van der Waals surface area contributed by atoms with Crippen molar-refractivity contribution in [3.63, 3.8) is 0 Å². The van der Waals surface area contributed by atoms with Crippen LogP contribution in [0.4, 0.5) is 0 Å². The summed E-state index contributed by atoms with van der Waals surface area (Å²) in [6, 6.07) is 0.681. The number of aliphatic imine (C=N–C) groups is 1. The van der Waals surface area contributed by atoms with Gasteiger partial charge < -0.3 is 22.3 Å². The van der Waals surface area contributed by atoms with Crippen molar-refractivity contribution in [3.8, 4) is 0 Å². The molecule has 0 spiro atoms. The van der Waals surface area contributed by atoms with Gasteiger partial charge in [-0.1, -0.05) is 0 Å². The molecule has 1 aliphatic carbocycles. The van der Waals surface area contributed by atoms with Crippen molar-refractivity contribution in [3.05, 3.63) is 0 Å². The molecule has 7 N–H and O–H groups in total. The normalized spacial score (nSPS) is 24.7. The van der Waals surface area contributed by atoms with Gasteiger partial charge in [-0.25, -0.2) is 0 Å². The molecule has 0 saturated heterocycles. The van der Waals surface area contributed by atoms with Crippen LogP contribution in [0.1, 0.15) is 32.6 Å². The summed E-state index contributed by atoms with van der Waals surface area (Å²) in [6.45, 7) is 1.08. The van der Waals surface area contributed by atoms with Crippen LogP contribution >= 0.6 is 0 Å². The first kappa shape index (κ1) is 13.7. The van der Waals surface area contributed by atoms with Crippen LogP contribution in [-0.4, -0.2) is 29.1 Å². The number of guanidine groups is 1. The Morgan fingerprint density at radius 3 is 2.00 bits per heavy atom. The number of nitrogens with two attached hydrogens (primary N) is 3. The first-order valence-corrected chi connectivity index (χ1v) is 4.95. The molecule has 0 aromatic carbocycles. The lowest BCUT2D eigenvalue weighted by Gasteiger charge is -2.22. The maximum absolute atomic E-state index is 9.00. The lowest BCUT2D eigenvalue weighted by molar-refractivity contribution is -0.134. The van der Waals surface area contributed by atoms with Crippen molar-refractivity contribution in [1.29, 1.82) is 0 Å². The maximum Gasteiger partial charge on any atom is 0.300 e. The number of nitrogens with zero attached hydrogens (tertiary/aromatic N) is 1. The van der Waals surface area contributed by atoms with E-state index in [9.17, 15) is 0 Å². The fourth-order valence-corrected chi connectivity index (χ4v) is 1.44. The fraction of sp³-hybridized carbons (Fsp3) is 0.778. The maximum atomic E-state index is 9.00. The molecule has 1 aliphatic rings. The Balaban J connectivity index is 0.000000423. The van der Waals surface area contributed by atoms with Gasteiger partial charge in [-0.2, -0.15) is 0 Å². The quantitative estimate of drug-likeness (QED) is 0.351. The fourth-order valence-electron chi connectivity index (χ4n) is 1.44. The Morgan fingerprint density at radius 1 is 1.27 bits per heavy atom. The summed E-state index contributed by atoms with van der Waals surface area (Å²) in [7, 11) is 0. The largest absolute Gasteiger partial charge is 0.481 e. The number of carbonyl (C=O) groups is 1. The molecule has 1 fully saturated rings. The molecule has 0 heterocycles. The van der Waals surface area contributed by atoms with Crippen LogP contribution in [0.25, 0.3) is 0 Å². The number of rotatable bonds is 1. The molecule has 0 aromatic rings. The topological polar surface area (TPSA) is 128 Å². The van der Waals surface area contributed by atoms with Gasteiger partial charge in [-0.05, 0) is 25.7 Å². The predicted octanol–water partition coefficient (Wildman–Crippen LogP) is -0.379. The van der Waals surface area contributed by atoms with Crippen molar-refractivity contribution in [2.75, 3.05) is 0 Å². The molecule has 0 aliphatic heterocycles. The number of carboxylic acid groups (broad SMARTS) is 1. The Labute approximate surface area is 89.5 Å². The third-order valence-electron chi connectivity index (χ3n) is 2.07. The van der Waals surface area contributed by atoms with E-state index in [0.717, 1.165) is 32.6 Å². The number of aliphatic carboxylic acids is 1. The lowest BCUT2D eigenvalue weighted by Crippen LogP contribution is -2.31. The van der Waals surface area contributed by atoms with E-state index >= 15 is 0 Å². The standard InChI is InChI=1S/C7H16N4.C2H4O2/c8-5-1-3-6(4-2-5)11-7(9)10;1-2(3)4/h5-6H,1-4,8H2,(H4,9,10,11);1H3,(H,3,4). The van der Waals surface area contributed by atoms with Crippen LogP contribution < -0.4 is 17.2 Å². The molecular weight excluding hydrogens is 196 g/mol. The Kier molecular flexibility index (Phi) is 6.44. The van der Waals surface area contributed by atoms with Crippen LogP contribution in [0.2, 0.25) is 0 Å². The second-order valence-electron chi connectivity index (χ2n) is 3.64. The minimum absolute atomic E-state index is 0.200. The molecule has 15 heavy (non-hydrogen) atoms. The van der Waals surface area contributed by atoms with Gasteiger partial charge in [0.15, 0.2) is 5.96 Å². The van der Waals surface area contributed by atoms with Crippen molar-refractivity contribution in [2.45, 2.75) is 44.7 Å². The van der Waals surface area contributed by atoms with Gasteiger partial charge in [0.2, 0.25) is 0 Å². The summed E-state index contributed by atoms with van der Waals surface area (Å²) < 4.78 is 0. The average Bonchev–Trinajstić information content (AvgIpc) is 2.07. The van der Waals surface area contributed by atoms with Crippen LogP contribution in [0.15, 0.2) is 4.99 Å². The molecule has 0 unspecified atom stereocenters. The third kappa shape index (κ3) is 9.01. The van der Waals surface area contributed by atoms with Gasteiger partial charge in [-0.3, -0.25) is 9.79 Å². The van der Waals surface area contributed by atoms with Crippen LogP contribution in [-0.2, 0) is 4.79 Å². The van der Waals surface area contributed by atoms with E-state index in [0.29, 0.717) is 12.1 Å². The number of carboxylic acids is 1. The first-order chi connectivity index (χ1) is 6.91. The lowest BCUT2D eigenvalue weighted by atomic mass is 9.92. The summed E-state index contributed by atoms with van der Waals surface area (Å²) in [5.41, 5.74) is 16.2. The third-order valence-corrected chi connectivity index (χ3v) is 2.07. The second-order valence-corrected chi connectivity index (χ2v) is 3.64. The highest BCUT2D eigenvalue weighted by atomic mass is 16.4. The summed E-state index contributed by atoms with van der Waals surface area (Å²) in [6.07, 6.45) is 4.14. The smallest absolute Gasteiger partial charge is 0.300 e. The second kappa shape index (κ2) is 7.05. The van der Waals surface area contributed by atoms with Gasteiger partial charge in [0.05, 0.1) is 6.04 Å². The van der Waals surface area contributed by atoms with Gasteiger partial charge in [0.25, 0.3) is 5.97 Å². The number of hydrogen-bond donors (Lipinski definition) is 4. The average molecular weight is 216 g/mol. The van der Waals surface area contributed by atoms with E-state index in [2.05, 4.69) is 4.99 Å². The summed E-state index contributed by atoms with van der Waals surface area (Å²) in [5, 5.41) is 7.42. The molecule has 0 bridgehead atoms. The minimum atomic E-state index is -0.833. The van der Waals surface area contributed by atoms with Gasteiger partial charge in [-0.15, -0.1) is 0 Å². The zero-order valence-corrected chi connectivity index (χ0v) is 9.02. The van der Waals surface area contributed by atoms with E-state index in [1.165, 1.54) is 0 Å². The van der Waals surface area contributed by atoms with E-state index < -0.39 is 5.97 Å². The number of hydrogen-bond acceptors (Lipinski definition) is 3. The van der Waals surface area contributed by atoms with Crippen molar-refractivity contribution in [2.24, 2.45) is 22.2 Å². The highest BCUT2D eigenvalue weighted by Crippen LogP contribution is 2.19.